The quantitative estimate of drug-likeness (QED) is 0.746. The van der Waals surface area contributed by atoms with Gasteiger partial charge in [-0.1, -0.05) is 29.3 Å². The summed E-state index contributed by atoms with van der Waals surface area (Å²) in [5, 5.41) is 3.85. The molecular formula is C13H17Cl2NO2. The van der Waals surface area contributed by atoms with Gasteiger partial charge < -0.3 is 14.8 Å². The van der Waals surface area contributed by atoms with Crippen molar-refractivity contribution in [2.45, 2.75) is 6.54 Å². The fourth-order valence-electron chi connectivity index (χ4n) is 1.35. The minimum absolute atomic E-state index is 0.411. The molecule has 18 heavy (non-hydrogen) atoms. The standard InChI is InChI=1S/C13H17Cl2NO2/c1-17-8-6-16-10-11-3-4-13(12(15)9-11)18-7-2-5-14/h2-5,9,16H,6-8,10H2,1H3. The zero-order valence-corrected chi connectivity index (χ0v) is 11.8. The Morgan fingerprint density at radius 2 is 2.22 bits per heavy atom. The maximum absolute atomic E-state index is 6.11. The van der Waals surface area contributed by atoms with E-state index >= 15 is 0 Å². The Hall–Kier alpha value is -0.740. The molecule has 1 aromatic rings. The third kappa shape index (κ3) is 5.74. The molecule has 0 aromatic heterocycles. The maximum atomic E-state index is 6.11. The average molecular weight is 290 g/mol. The molecule has 0 atom stereocenters. The predicted octanol–water partition coefficient (Wildman–Crippen LogP) is 3.21. The van der Waals surface area contributed by atoms with Crippen LogP contribution in [0.5, 0.6) is 5.75 Å². The van der Waals surface area contributed by atoms with Crippen LogP contribution in [0.2, 0.25) is 5.02 Å². The van der Waals surface area contributed by atoms with Gasteiger partial charge in [-0.05, 0) is 23.8 Å². The SMILES string of the molecule is COCCNCc1ccc(OCC=CCl)c(Cl)c1. The van der Waals surface area contributed by atoms with E-state index in [9.17, 15) is 0 Å². The van der Waals surface area contributed by atoms with Gasteiger partial charge in [-0.25, -0.2) is 0 Å². The number of benzene rings is 1. The van der Waals surface area contributed by atoms with E-state index in [1.165, 1.54) is 5.54 Å². The van der Waals surface area contributed by atoms with E-state index in [0.717, 1.165) is 18.7 Å². The van der Waals surface area contributed by atoms with E-state index in [-0.39, 0.29) is 0 Å². The van der Waals surface area contributed by atoms with Crippen molar-refractivity contribution in [2.75, 3.05) is 26.9 Å². The smallest absolute Gasteiger partial charge is 0.138 e. The Labute approximate surface area is 118 Å². The number of nitrogens with one attached hydrogen (secondary N) is 1. The molecule has 0 aliphatic carbocycles. The van der Waals surface area contributed by atoms with Gasteiger partial charge in [0.1, 0.15) is 12.4 Å². The number of rotatable bonds is 8. The zero-order valence-electron chi connectivity index (χ0n) is 10.3. The van der Waals surface area contributed by atoms with Crippen molar-refractivity contribution in [2.24, 2.45) is 0 Å². The second kappa shape index (κ2) is 9.22. The van der Waals surface area contributed by atoms with Crippen LogP contribution < -0.4 is 10.1 Å². The molecule has 0 aliphatic heterocycles. The Kier molecular flexibility index (Phi) is 7.85. The molecule has 0 heterocycles. The Morgan fingerprint density at radius 1 is 1.39 bits per heavy atom. The molecule has 0 fully saturated rings. The number of hydrogen-bond acceptors (Lipinski definition) is 3. The summed E-state index contributed by atoms with van der Waals surface area (Å²) >= 11 is 11.5. The van der Waals surface area contributed by atoms with Crippen molar-refractivity contribution in [3.63, 3.8) is 0 Å². The van der Waals surface area contributed by atoms with Crippen LogP contribution in [-0.2, 0) is 11.3 Å². The summed E-state index contributed by atoms with van der Waals surface area (Å²) in [7, 11) is 1.68. The van der Waals surface area contributed by atoms with E-state index in [1.54, 1.807) is 13.2 Å². The Balaban J connectivity index is 2.45. The minimum atomic E-state index is 0.411. The van der Waals surface area contributed by atoms with Crippen LogP contribution in [0.1, 0.15) is 5.56 Å². The first-order chi connectivity index (χ1) is 8.77. The third-order valence-corrected chi connectivity index (χ3v) is 2.71. The lowest BCUT2D eigenvalue weighted by Gasteiger charge is -2.08. The van der Waals surface area contributed by atoms with Crippen LogP contribution in [0.25, 0.3) is 0 Å². The number of ether oxygens (including phenoxy) is 2. The van der Waals surface area contributed by atoms with Crippen LogP contribution in [0.15, 0.2) is 29.8 Å². The van der Waals surface area contributed by atoms with Crippen molar-refractivity contribution >= 4 is 23.2 Å². The average Bonchev–Trinajstić information content (AvgIpc) is 2.37. The summed E-state index contributed by atoms with van der Waals surface area (Å²) in [5.41, 5.74) is 2.53. The second-order valence-corrected chi connectivity index (χ2v) is 4.27. The molecule has 100 valence electrons. The molecule has 1 aromatic carbocycles. The van der Waals surface area contributed by atoms with Crippen molar-refractivity contribution in [3.05, 3.63) is 40.4 Å². The van der Waals surface area contributed by atoms with E-state index in [1.807, 2.05) is 18.2 Å². The van der Waals surface area contributed by atoms with Crippen molar-refractivity contribution in [1.29, 1.82) is 0 Å². The van der Waals surface area contributed by atoms with Gasteiger partial charge >= 0.3 is 0 Å². The summed E-state index contributed by atoms with van der Waals surface area (Å²) in [4.78, 5) is 0. The first-order valence-corrected chi connectivity index (χ1v) is 6.45. The predicted molar refractivity (Wildman–Crippen MR) is 75.5 cm³/mol. The van der Waals surface area contributed by atoms with Gasteiger partial charge in [0.15, 0.2) is 0 Å². The molecule has 0 saturated carbocycles. The van der Waals surface area contributed by atoms with Crippen molar-refractivity contribution in [3.8, 4) is 5.75 Å². The molecule has 1 rings (SSSR count). The first kappa shape index (κ1) is 15.3. The zero-order chi connectivity index (χ0) is 13.2. The molecule has 0 spiro atoms. The number of hydrogen-bond donors (Lipinski definition) is 1. The molecule has 0 saturated heterocycles. The number of methoxy groups -OCH3 is 1. The molecule has 0 bridgehead atoms. The Bertz CT molecular complexity index is 383. The van der Waals surface area contributed by atoms with Gasteiger partial charge in [-0.2, -0.15) is 0 Å². The van der Waals surface area contributed by atoms with Crippen LogP contribution in [-0.4, -0.2) is 26.9 Å². The minimum Gasteiger partial charge on any atom is -0.488 e. The topological polar surface area (TPSA) is 30.5 Å². The maximum Gasteiger partial charge on any atom is 0.138 e. The summed E-state index contributed by atoms with van der Waals surface area (Å²) in [6.07, 6.45) is 1.71. The van der Waals surface area contributed by atoms with Crippen LogP contribution in [0.3, 0.4) is 0 Å². The molecule has 3 nitrogen and oxygen atoms in total. The van der Waals surface area contributed by atoms with Gasteiger partial charge in [-0.3, -0.25) is 0 Å². The van der Waals surface area contributed by atoms with Gasteiger partial charge in [0.05, 0.1) is 11.6 Å². The van der Waals surface area contributed by atoms with Crippen molar-refractivity contribution < 1.29 is 9.47 Å². The molecule has 0 unspecified atom stereocenters. The van der Waals surface area contributed by atoms with Gasteiger partial charge in [0, 0.05) is 25.7 Å². The van der Waals surface area contributed by atoms with Gasteiger partial charge in [0.25, 0.3) is 0 Å². The first-order valence-electron chi connectivity index (χ1n) is 5.64. The van der Waals surface area contributed by atoms with E-state index in [2.05, 4.69) is 5.32 Å². The van der Waals surface area contributed by atoms with Crippen LogP contribution in [0.4, 0.5) is 0 Å². The van der Waals surface area contributed by atoms with Crippen LogP contribution >= 0.6 is 23.2 Å². The largest absolute Gasteiger partial charge is 0.488 e. The summed E-state index contributed by atoms with van der Waals surface area (Å²) in [6, 6.07) is 5.73. The fraction of sp³-hybridized carbons (Fsp3) is 0.385. The third-order valence-electron chi connectivity index (χ3n) is 2.23. The fourth-order valence-corrected chi connectivity index (χ4v) is 1.68. The highest BCUT2D eigenvalue weighted by atomic mass is 35.5. The number of halogens is 2. The lowest BCUT2D eigenvalue weighted by molar-refractivity contribution is 0.199. The molecular weight excluding hydrogens is 273 g/mol. The summed E-state index contributed by atoms with van der Waals surface area (Å²) in [6.45, 7) is 2.67. The van der Waals surface area contributed by atoms with Crippen LogP contribution in [0, 0.1) is 0 Å². The monoisotopic (exact) mass is 289 g/mol. The highest BCUT2D eigenvalue weighted by Crippen LogP contribution is 2.25. The highest BCUT2D eigenvalue weighted by molar-refractivity contribution is 6.32. The summed E-state index contributed by atoms with van der Waals surface area (Å²) < 4.78 is 10.4. The van der Waals surface area contributed by atoms with E-state index in [0.29, 0.717) is 24.0 Å². The molecule has 0 radical (unpaired) electrons. The Morgan fingerprint density at radius 3 is 2.89 bits per heavy atom. The van der Waals surface area contributed by atoms with Gasteiger partial charge in [-0.15, -0.1) is 0 Å². The van der Waals surface area contributed by atoms with Gasteiger partial charge in [0.2, 0.25) is 0 Å². The normalized spacial score (nSPS) is 11.1. The summed E-state index contributed by atoms with van der Waals surface area (Å²) in [5.74, 6) is 0.659. The molecule has 5 heteroatoms. The second-order valence-electron chi connectivity index (χ2n) is 3.61. The van der Waals surface area contributed by atoms with E-state index < -0.39 is 0 Å². The van der Waals surface area contributed by atoms with Crippen molar-refractivity contribution in [1.82, 2.24) is 5.32 Å². The van der Waals surface area contributed by atoms with E-state index in [4.69, 9.17) is 32.7 Å². The molecule has 0 aliphatic rings. The lowest BCUT2D eigenvalue weighted by Crippen LogP contribution is -2.18. The highest BCUT2D eigenvalue weighted by Gasteiger charge is 2.02. The lowest BCUT2D eigenvalue weighted by atomic mass is 10.2. The molecule has 1 N–H and O–H groups in total. The molecule has 0 amide bonds.